The molecule has 0 aromatic heterocycles. The zero-order valence-corrected chi connectivity index (χ0v) is 12.4. The second-order valence-electron chi connectivity index (χ2n) is 5.14. The highest BCUT2D eigenvalue weighted by Gasteiger charge is 2.23. The smallest absolute Gasteiger partial charge is 0.238 e. The Morgan fingerprint density at radius 3 is 2.65 bits per heavy atom. The predicted molar refractivity (Wildman–Crippen MR) is 76.9 cm³/mol. The topological polar surface area (TPSA) is 101 Å². The summed E-state index contributed by atoms with van der Waals surface area (Å²) in [5.74, 6) is -0.170. The number of carbonyl (C=O) groups excluding carboxylic acids is 1. The molecule has 1 atom stereocenters. The maximum Gasteiger partial charge on any atom is 0.238 e. The van der Waals surface area contributed by atoms with Gasteiger partial charge in [-0.05, 0) is 50.1 Å². The molecule has 0 saturated carbocycles. The van der Waals surface area contributed by atoms with Crippen molar-refractivity contribution >= 4 is 21.6 Å². The highest BCUT2D eigenvalue weighted by Crippen LogP contribution is 2.24. The Morgan fingerprint density at radius 2 is 2.10 bits per heavy atom. The molecule has 2 rings (SSSR count). The van der Waals surface area contributed by atoms with Crippen molar-refractivity contribution in [3.8, 4) is 0 Å². The molecule has 0 bridgehead atoms. The first-order valence-corrected chi connectivity index (χ1v) is 7.99. The lowest BCUT2D eigenvalue weighted by atomic mass is 10.1. The van der Waals surface area contributed by atoms with Crippen LogP contribution < -0.4 is 15.8 Å². The van der Waals surface area contributed by atoms with E-state index >= 15 is 0 Å². The molecule has 0 spiro atoms. The Labute approximate surface area is 118 Å². The highest BCUT2D eigenvalue weighted by molar-refractivity contribution is 7.89. The molecule has 110 valence electrons. The van der Waals surface area contributed by atoms with Crippen LogP contribution in [0.25, 0.3) is 0 Å². The Balaban J connectivity index is 2.31. The van der Waals surface area contributed by atoms with Gasteiger partial charge in [0.05, 0.1) is 10.8 Å². The van der Waals surface area contributed by atoms with Crippen molar-refractivity contribution in [1.82, 2.24) is 5.32 Å². The van der Waals surface area contributed by atoms with Gasteiger partial charge in [-0.2, -0.15) is 0 Å². The summed E-state index contributed by atoms with van der Waals surface area (Å²) in [6.45, 7) is 5.10. The number of nitrogens with two attached hydrogens (primary N) is 1. The summed E-state index contributed by atoms with van der Waals surface area (Å²) in [5, 5.41) is 11.1. The van der Waals surface area contributed by atoms with Gasteiger partial charge in [-0.15, -0.1) is 0 Å². The fourth-order valence-corrected chi connectivity index (χ4v) is 2.86. The average Bonchev–Trinajstić information content (AvgIpc) is 2.87. The molecule has 1 aliphatic heterocycles. The lowest BCUT2D eigenvalue weighted by Crippen LogP contribution is -2.25. The molecule has 1 aromatic rings. The first-order chi connectivity index (χ1) is 9.29. The van der Waals surface area contributed by atoms with Crippen LogP contribution in [0.3, 0.4) is 0 Å². The number of nitrogens with one attached hydrogen (secondary N) is 2. The normalized spacial score (nSPS) is 19.1. The molecule has 20 heavy (non-hydrogen) atoms. The van der Waals surface area contributed by atoms with Gasteiger partial charge in [0.1, 0.15) is 0 Å². The van der Waals surface area contributed by atoms with Gasteiger partial charge in [-0.1, -0.05) is 0 Å². The number of sulfonamides is 1. The van der Waals surface area contributed by atoms with E-state index in [9.17, 15) is 13.2 Å². The van der Waals surface area contributed by atoms with Gasteiger partial charge in [0.15, 0.2) is 0 Å². The molecule has 1 aliphatic rings. The molecule has 4 N–H and O–H groups in total. The van der Waals surface area contributed by atoms with Gasteiger partial charge in [-0.25, -0.2) is 13.6 Å². The number of primary sulfonamides is 1. The Kier molecular flexibility index (Phi) is 4.12. The quantitative estimate of drug-likeness (QED) is 0.756. The molecular formula is C13H19N3O3S. The molecular weight excluding hydrogens is 278 g/mol. The molecule has 0 aliphatic carbocycles. The van der Waals surface area contributed by atoms with Crippen LogP contribution in [0, 0.1) is 19.8 Å². The van der Waals surface area contributed by atoms with Gasteiger partial charge in [0.25, 0.3) is 0 Å². The summed E-state index contributed by atoms with van der Waals surface area (Å²) in [6.07, 6.45) is 0.790. The Bertz CT molecular complexity index is 635. The minimum absolute atomic E-state index is 0.0143. The molecule has 7 heteroatoms. The molecule has 1 amide bonds. The van der Waals surface area contributed by atoms with Crippen molar-refractivity contribution < 1.29 is 13.2 Å². The van der Waals surface area contributed by atoms with E-state index in [0.717, 1.165) is 24.1 Å². The molecule has 1 heterocycles. The third-order valence-electron chi connectivity index (χ3n) is 3.66. The van der Waals surface area contributed by atoms with Crippen LogP contribution in [-0.4, -0.2) is 27.4 Å². The molecule has 1 fully saturated rings. The van der Waals surface area contributed by atoms with E-state index in [1.165, 1.54) is 12.1 Å². The van der Waals surface area contributed by atoms with Gasteiger partial charge in [0.2, 0.25) is 15.9 Å². The Hall–Kier alpha value is -1.44. The van der Waals surface area contributed by atoms with Gasteiger partial charge in [0, 0.05) is 12.2 Å². The van der Waals surface area contributed by atoms with Gasteiger partial charge < -0.3 is 10.6 Å². The molecule has 0 radical (unpaired) electrons. The van der Waals surface area contributed by atoms with Gasteiger partial charge >= 0.3 is 0 Å². The monoisotopic (exact) mass is 297 g/mol. The van der Waals surface area contributed by atoms with Crippen LogP contribution in [0.1, 0.15) is 17.5 Å². The number of anilines is 1. The maximum atomic E-state index is 12.1. The van der Waals surface area contributed by atoms with Crippen molar-refractivity contribution in [3.05, 3.63) is 23.3 Å². The average molecular weight is 297 g/mol. The lowest BCUT2D eigenvalue weighted by Gasteiger charge is -2.15. The second kappa shape index (κ2) is 5.51. The largest absolute Gasteiger partial charge is 0.326 e. The number of benzene rings is 1. The number of rotatable bonds is 3. The molecule has 1 unspecified atom stereocenters. The maximum absolute atomic E-state index is 12.1. The van der Waals surface area contributed by atoms with Crippen LogP contribution in [0.5, 0.6) is 0 Å². The number of aryl methyl sites for hydroxylation is 1. The number of hydrogen-bond donors (Lipinski definition) is 3. The second-order valence-corrected chi connectivity index (χ2v) is 6.70. The summed E-state index contributed by atoms with van der Waals surface area (Å²) >= 11 is 0. The van der Waals surface area contributed by atoms with Crippen molar-refractivity contribution in [2.75, 3.05) is 18.4 Å². The minimum Gasteiger partial charge on any atom is -0.326 e. The fourth-order valence-electron chi connectivity index (χ4n) is 2.23. The standard InChI is InChI=1S/C13H19N3O3S/c1-8-5-11(20(14,18)19)6-12(9(8)2)16-13(17)10-3-4-15-7-10/h5-6,10,15H,3-4,7H2,1-2H3,(H,16,17)(H2,14,18,19). The summed E-state index contributed by atoms with van der Waals surface area (Å²) in [6, 6.07) is 2.93. The van der Waals surface area contributed by atoms with Crippen LogP contribution in [0.2, 0.25) is 0 Å². The summed E-state index contributed by atoms with van der Waals surface area (Å²) < 4.78 is 22.9. The molecule has 1 aromatic carbocycles. The first kappa shape index (κ1) is 15.0. The number of carbonyl (C=O) groups is 1. The Morgan fingerprint density at radius 1 is 1.40 bits per heavy atom. The summed E-state index contributed by atoms with van der Waals surface area (Å²) in [7, 11) is -3.78. The fraction of sp³-hybridized carbons (Fsp3) is 0.462. The van der Waals surface area contributed by atoms with E-state index < -0.39 is 10.0 Å². The number of hydrogen-bond acceptors (Lipinski definition) is 4. The number of amides is 1. The van der Waals surface area contributed by atoms with Crippen LogP contribution in [0.4, 0.5) is 5.69 Å². The highest BCUT2D eigenvalue weighted by atomic mass is 32.2. The van der Waals surface area contributed by atoms with E-state index in [1.54, 1.807) is 6.92 Å². The SMILES string of the molecule is Cc1cc(S(N)(=O)=O)cc(NC(=O)C2CCNC2)c1C. The van der Waals surface area contributed by atoms with E-state index in [4.69, 9.17) is 5.14 Å². The first-order valence-electron chi connectivity index (χ1n) is 6.44. The van der Waals surface area contributed by atoms with Crippen LogP contribution in [0.15, 0.2) is 17.0 Å². The van der Waals surface area contributed by atoms with Crippen molar-refractivity contribution in [3.63, 3.8) is 0 Å². The van der Waals surface area contributed by atoms with Crippen LogP contribution in [-0.2, 0) is 14.8 Å². The van der Waals surface area contributed by atoms with E-state index in [2.05, 4.69) is 10.6 Å². The van der Waals surface area contributed by atoms with Crippen LogP contribution >= 0.6 is 0 Å². The van der Waals surface area contributed by atoms with Crippen molar-refractivity contribution in [1.29, 1.82) is 0 Å². The summed E-state index contributed by atoms with van der Waals surface area (Å²) in [4.78, 5) is 12.1. The lowest BCUT2D eigenvalue weighted by molar-refractivity contribution is -0.119. The van der Waals surface area contributed by atoms with E-state index in [0.29, 0.717) is 12.2 Å². The zero-order chi connectivity index (χ0) is 14.9. The minimum atomic E-state index is -3.78. The third kappa shape index (κ3) is 3.17. The predicted octanol–water partition coefficient (Wildman–Crippen LogP) is 0.499. The van der Waals surface area contributed by atoms with Crippen molar-refractivity contribution in [2.24, 2.45) is 11.1 Å². The molecule has 1 saturated heterocycles. The van der Waals surface area contributed by atoms with E-state index in [1.807, 2.05) is 6.92 Å². The summed E-state index contributed by atoms with van der Waals surface area (Å²) in [5.41, 5.74) is 2.12. The van der Waals surface area contributed by atoms with Gasteiger partial charge in [-0.3, -0.25) is 4.79 Å². The third-order valence-corrected chi connectivity index (χ3v) is 4.55. The van der Waals surface area contributed by atoms with Crippen molar-refractivity contribution in [2.45, 2.75) is 25.2 Å². The van der Waals surface area contributed by atoms with E-state index in [-0.39, 0.29) is 16.7 Å². The zero-order valence-electron chi connectivity index (χ0n) is 11.6. The molecule has 6 nitrogen and oxygen atoms in total.